The first-order valence-corrected chi connectivity index (χ1v) is 9.13. The molecule has 3 aromatic rings. The molecule has 2 aromatic carbocycles. The summed E-state index contributed by atoms with van der Waals surface area (Å²) in [4.78, 5) is 14.0. The number of carbonyl (C=O) groups excluding carboxylic acids is 1. The van der Waals surface area contributed by atoms with Crippen molar-refractivity contribution < 1.29 is 19.5 Å². The lowest BCUT2D eigenvalue weighted by molar-refractivity contribution is -0.872. The Labute approximate surface area is 158 Å². The molecular formula is C22H22N2O3. The van der Waals surface area contributed by atoms with Gasteiger partial charge in [-0.05, 0) is 25.1 Å². The van der Waals surface area contributed by atoms with Gasteiger partial charge in [-0.15, -0.1) is 0 Å². The molecule has 2 heterocycles. The van der Waals surface area contributed by atoms with Gasteiger partial charge in [0.25, 0.3) is 0 Å². The number of para-hydroxylation sites is 1. The molecule has 0 amide bonds. The summed E-state index contributed by atoms with van der Waals surface area (Å²) in [5.74, 6) is 0.420. The van der Waals surface area contributed by atoms with Crippen LogP contribution in [0.2, 0.25) is 0 Å². The molecule has 1 N–H and O–H groups in total. The number of allylic oxidation sites excluding steroid dienone is 1. The Hall–Kier alpha value is -3.05. The highest BCUT2D eigenvalue weighted by molar-refractivity contribution is 6.15. The van der Waals surface area contributed by atoms with Gasteiger partial charge in [0.15, 0.2) is 5.76 Å². The normalized spacial score (nSPS) is 15.0. The SMILES string of the molecule is CCn1cc(/C=C2/Oc3c(ccc([O-])c3C[NH+](C)C)C2=O)c2ccccc21. The van der Waals surface area contributed by atoms with E-state index in [2.05, 4.69) is 17.6 Å². The number of nitrogens with one attached hydrogen (secondary N) is 1. The molecule has 1 aliphatic heterocycles. The van der Waals surface area contributed by atoms with Crippen LogP contribution in [0.5, 0.6) is 11.5 Å². The molecule has 27 heavy (non-hydrogen) atoms. The summed E-state index contributed by atoms with van der Waals surface area (Å²) in [7, 11) is 3.93. The minimum Gasteiger partial charge on any atom is -0.872 e. The fraction of sp³-hybridized carbons (Fsp3) is 0.227. The molecule has 0 unspecified atom stereocenters. The molecular weight excluding hydrogens is 340 g/mol. The van der Waals surface area contributed by atoms with Gasteiger partial charge in [-0.3, -0.25) is 4.79 Å². The molecule has 0 radical (unpaired) electrons. The summed E-state index contributed by atoms with van der Waals surface area (Å²) in [6.07, 6.45) is 3.81. The van der Waals surface area contributed by atoms with Crippen LogP contribution in [-0.4, -0.2) is 24.4 Å². The maximum Gasteiger partial charge on any atom is 0.231 e. The highest BCUT2D eigenvalue weighted by Crippen LogP contribution is 2.38. The predicted octanol–water partition coefficient (Wildman–Crippen LogP) is 2.00. The van der Waals surface area contributed by atoms with Crippen LogP contribution in [-0.2, 0) is 13.1 Å². The molecule has 4 rings (SSSR count). The van der Waals surface area contributed by atoms with Crippen molar-refractivity contribution in [2.45, 2.75) is 20.0 Å². The van der Waals surface area contributed by atoms with E-state index in [1.807, 2.05) is 38.5 Å². The van der Waals surface area contributed by atoms with Crippen molar-refractivity contribution in [1.29, 1.82) is 0 Å². The lowest BCUT2D eigenvalue weighted by Crippen LogP contribution is -3.04. The molecule has 0 atom stereocenters. The molecule has 5 heteroatoms. The van der Waals surface area contributed by atoms with Crippen LogP contribution < -0.4 is 14.7 Å². The van der Waals surface area contributed by atoms with Gasteiger partial charge < -0.3 is 19.3 Å². The average Bonchev–Trinajstić information content (AvgIpc) is 3.16. The van der Waals surface area contributed by atoms with Crippen molar-refractivity contribution in [2.24, 2.45) is 0 Å². The van der Waals surface area contributed by atoms with Gasteiger partial charge in [0.1, 0.15) is 12.3 Å². The Morgan fingerprint density at radius 1 is 1.19 bits per heavy atom. The van der Waals surface area contributed by atoms with Crippen LogP contribution in [0.1, 0.15) is 28.4 Å². The third kappa shape index (κ3) is 2.90. The van der Waals surface area contributed by atoms with Gasteiger partial charge >= 0.3 is 0 Å². The summed E-state index contributed by atoms with van der Waals surface area (Å²) in [5.41, 5.74) is 3.08. The van der Waals surface area contributed by atoms with E-state index in [1.54, 1.807) is 12.1 Å². The molecule has 0 saturated heterocycles. The van der Waals surface area contributed by atoms with E-state index in [0.717, 1.165) is 27.9 Å². The van der Waals surface area contributed by atoms with E-state index in [0.29, 0.717) is 23.4 Å². The largest absolute Gasteiger partial charge is 0.872 e. The first-order chi connectivity index (χ1) is 13.0. The maximum atomic E-state index is 12.9. The second-order valence-electron chi connectivity index (χ2n) is 7.13. The van der Waals surface area contributed by atoms with Gasteiger partial charge in [-0.1, -0.05) is 30.0 Å². The fourth-order valence-electron chi connectivity index (χ4n) is 3.60. The number of hydrogen-bond acceptors (Lipinski definition) is 3. The highest BCUT2D eigenvalue weighted by atomic mass is 16.5. The third-order valence-corrected chi connectivity index (χ3v) is 4.87. The Morgan fingerprint density at radius 3 is 2.70 bits per heavy atom. The van der Waals surface area contributed by atoms with Crippen molar-refractivity contribution in [3.05, 3.63) is 65.0 Å². The van der Waals surface area contributed by atoms with E-state index < -0.39 is 0 Å². The van der Waals surface area contributed by atoms with Gasteiger partial charge in [0.2, 0.25) is 5.78 Å². The van der Waals surface area contributed by atoms with Crippen molar-refractivity contribution in [1.82, 2.24) is 4.57 Å². The number of Topliss-reactive ketones (excluding diaryl/α,β-unsaturated/α-hetero) is 1. The summed E-state index contributed by atoms with van der Waals surface area (Å²) < 4.78 is 8.06. The molecule has 0 spiro atoms. The molecule has 1 aromatic heterocycles. The smallest absolute Gasteiger partial charge is 0.231 e. The zero-order valence-electron chi connectivity index (χ0n) is 15.7. The summed E-state index contributed by atoms with van der Waals surface area (Å²) in [6.45, 7) is 3.44. The van der Waals surface area contributed by atoms with E-state index in [1.165, 1.54) is 6.07 Å². The lowest BCUT2D eigenvalue weighted by atomic mass is 10.0. The number of ether oxygens (including phenoxy) is 1. The van der Waals surface area contributed by atoms with Crippen LogP contribution in [0, 0.1) is 0 Å². The Balaban J connectivity index is 1.80. The van der Waals surface area contributed by atoms with Crippen LogP contribution in [0.25, 0.3) is 17.0 Å². The molecule has 138 valence electrons. The molecule has 1 aliphatic rings. The number of fused-ring (bicyclic) bond motifs is 2. The molecule has 0 saturated carbocycles. The van der Waals surface area contributed by atoms with Crippen LogP contribution in [0.4, 0.5) is 0 Å². The summed E-state index contributed by atoms with van der Waals surface area (Å²) >= 11 is 0. The van der Waals surface area contributed by atoms with Crippen molar-refractivity contribution >= 4 is 22.8 Å². The predicted molar refractivity (Wildman–Crippen MR) is 103 cm³/mol. The topological polar surface area (TPSA) is 58.7 Å². The molecule has 0 aliphatic carbocycles. The van der Waals surface area contributed by atoms with Gasteiger partial charge in [0.05, 0.1) is 19.7 Å². The number of nitrogens with zero attached hydrogens (tertiary/aromatic N) is 1. The second-order valence-corrected chi connectivity index (χ2v) is 7.13. The quantitative estimate of drug-likeness (QED) is 0.722. The van der Waals surface area contributed by atoms with E-state index >= 15 is 0 Å². The number of quaternary nitrogens is 1. The Kier molecular flexibility index (Phi) is 4.24. The number of hydrogen-bond donors (Lipinski definition) is 1. The number of aromatic nitrogens is 1. The fourth-order valence-corrected chi connectivity index (χ4v) is 3.60. The zero-order valence-corrected chi connectivity index (χ0v) is 15.7. The van der Waals surface area contributed by atoms with Crippen molar-refractivity contribution in [2.75, 3.05) is 14.1 Å². The maximum absolute atomic E-state index is 12.9. The van der Waals surface area contributed by atoms with Crippen molar-refractivity contribution in [3.8, 4) is 11.5 Å². The zero-order chi connectivity index (χ0) is 19.1. The molecule has 0 bridgehead atoms. The minimum absolute atomic E-state index is 0.0911. The average molecular weight is 362 g/mol. The first-order valence-electron chi connectivity index (χ1n) is 9.13. The van der Waals surface area contributed by atoms with Crippen LogP contribution in [0.3, 0.4) is 0 Å². The first kappa shape index (κ1) is 17.4. The van der Waals surface area contributed by atoms with Crippen LogP contribution in [0.15, 0.2) is 48.4 Å². The van der Waals surface area contributed by atoms with Gasteiger partial charge in [-0.2, -0.15) is 0 Å². The summed E-state index contributed by atoms with van der Waals surface area (Å²) in [5, 5.41) is 13.3. The van der Waals surface area contributed by atoms with Crippen molar-refractivity contribution in [3.63, 3.8) is 0 Å². The van der Waals surface area contributed by atoms with E-state index in [-0.39, 0.29) is 17.3 Å². The standard InChI is InChI=1S/C22H22N2O3/c1-4-24-12-14(15-7-5-6-8-18(15)24)11-20-21(26)16-9-10-19(25)17(13-23(2)3)22(16)27-20/h5-12,25H,4,13H2,1-3H3/b20-11+. The minimum atomic E-state index is -0.173. The monoisotopic (exact) mass is 362 g/mol. The van der Waals surface area contributed by atoms with Gasteiger partial charge in [-0.25, -0.2) is 0 Å². The number of aryl methyl sites for hydroxylation is 1. The third-order valence-electron chi connectivity index (χ3n) is 4.87. The highest BCUT2D eigenvalue weighted by Gasteiger charge is 2.30. The van der Waals surface area contributed by atoms with E-state index in [9.17, 15) is 9.90 Å². The van der Waals surface area contributed by atoms with Crippen LogP contribution >= 0.6 is 0 Å². The number of ketones is 1. The summed E-state index contributed by atoms with van der Waals surface area (Å²) in [6, 6.07) is 11.1. The number of rotatable bonds is 4. The van der Waals surface area contributed by atoms with Gasteiger partial charge in [0, 0.05) is 34.8 Å². The molecule has 0 fully saturated rings. The Bertz CT molecular complexity index is 1080. The molecule has 5 nitrogen and oxygen atoms in total. The number of benzene rings is 2. The second kappa shape index (κ2) is 6.59. The van der Waals surface area contributed by atoms with E-state index in [4.69, 9.17) is 4.74 Å². The number of carbonyl (C=O) groups is 1. The Morgan fingerprint density at radius 2 is 1.96 bits per heavy atom. The lowest BCUT2D eigenvalue weighted by Gasteiger charge is -2.17.